The van der Waals surface area contributed by atoms with Crippen molar-refractivity contribution in [1.29, 1.82) is 0 Å². The first kappa shape index (κ1) is 23.4. The molecule has 1 fully saturated rings. The topological polar surface area (TPSA) is 119 Å². The highest BCUT2D eigenvalue weighted by Crippen LogP contribution is 2.21. The summed E-state index contributed by atoms with van der Waals surface area (Å²) < 4.78 is 57.8. The Balaban J connectivity index is 1.71. The third-order valence-electron chi connectivity index (χ3n) is 4.89. The highest BCUT2D eigenvalue weighted by atomic mass is 32.2. The average molecular weight is 467 g/mol. The zero-order valence-electron chi connectivity index (χ0n) is 17.2. The van der Waals surface area contributed by atoms with Crippen molar-refractivity contribution in [3.05, 3.63) is 54.1 Å². The van der Waals surface area contributed by atoms with E-state index in [1.165, 1.54) is 36.4 Å². The molecule has 1 unspecified atom stereocenters. The molecule has 8 nitrogen and oxygen atoms in total. The minimum Gasteiger partial charge on any atom is -0.377 e. The quantitative estimate of drug-likeness (QED) is 0.586. The number of carbonyl (C=O) groups is 1. The average Bonchev–Trinajstić information content (AvgIpc) is 3.26. The Bertz CT molecular complexity index is 1120. The molecular weight excluding hydrogens is 440 g/mol. The van der Waals surface area contributed by atoms with Gasteiger partial charge in [-0.05, 0) is 55.7 Å². The first-order valence-corrected chi connectivity index (χ1v) is 13.2. The summed E-state index contributed by atoms with van der Waals surface area (Å²) in [6.07, 6.45) is 2.07. The second-order valence-corrected chi connectivity index (χ2v) is 11.1. The minimum atomic E-state index is -3.70. The summed E-state index contributed by atoms with van der Waals surface area (Å²) in [5, 5.41) is 2.63. The normalized spacial score (nSPS) is 16.9. The molecule has 168 valence electrons. The van der Waals surface area contributed by atoms with E-state index in [4.69, 9.17) is 4.74 Å². The predicted molar refractivity (Wildman–Crippen MR) is 117 cm³/mol. The van der Waals surface area contributed by atoms with Crippen LogP contribution in [0.5, 0.6) is 0 Å². The van der Waals surface area contributed by atoms with Crippen LogP contribution in [0.4, 0.5) is 5.69 Å². The molecule has 0 spiro atoms. The summed E-state index contributed by atoms with van der Waals surface area (Å²) in [5.41, 5.74) is 0.400. The van der Waals surface area contributed by atoms with Crippen molar-refractivity contribution in [1.82, 2.24) is 4.72 Å². The molecule has 3 rings (SSSR count). The number of amides is 1. The Morgan fingerprint density at radius 1 is 1.06 bits per heavy atom. The van der Waals surface area contributed by atoms with Crippen molar-refractivity contribution in [2.24, 2.45) is 0 Å². The van der Waals surface area contributed by atoms with Crippen molar-refractivity contribution in [2.45, 2.75) is 42.1 Å². The first-order valence-electron chi connectivity index (χ1n) is 10.1. The van der Waals surface area contributed by atoms with Gasteiger partial charge >= 0.3 is 0 Å². The largest absolute Gasteiger partial charge is 0.377 e. The lowest BCUT2D eigenvalue weighted by atomic mass is 10.2. The van der Waals surface area contributed by atoms with Gasteiger partial charge in [0.2, 0.25) is 10.0 Å². The number of ether oxygens (including phenoxy) is 1. The van der Waals surface area contributed by atoms with Crippen LogP contribution < -0.4 is 10.0 Å². The van der Waals surface area contributed by atoms with E-state index in [0.717, 1.165) is 12.8 Å². The van der Waals surface area contributed by atoms with Gasteiger partial charge in [-0.15, -0.1) is 0 Å². The molecule has 1 amide bonds. The fourth-order valence-electron chi connectivity index (χ4n) is 3.31. The number of carbonyl (C=O) groups excluding carboxylic acids is 1. The number of hydrogen-bond acceptors (Lipinski definition) is 6. The maximum Gasteiger partial charge on any atom is 0.256 e. The summed E-state index contributed by atoms with van der Waals surface area (Å²) in [4.78, 5) is 12.7. The summed E-state index contributed by atoms with van der Waals surface area (Å²) in [6.45, 7) is 2.61. The molecule has 2 aromatic rings. The molecule has 10 heteroatoms. The van der Waals surface area contributed by atoms with Crippen LogP contribution in [0.15, 0.2) is 58.3 Å². The summed E-state index contributed by atoms with van der Waals surface area (Å²) >= 11 is 0. The zero-order chi connectivity index (χ0) is 22.5. The Labute approximate surface area is 183 Å². The molecule has 0 bridgehead atoms. The fourth-order valence-corrected chi connectivity index (χ4v) is 5.92. The number of rotatable bonds is 9. The minimum absolute atomic E-state index is 0.0214. The Morgan fingerprint density at radius 3 is 2.42 bits per heavy atom. The molecule has 1 saturated heterocycles. The van der Waals surface area contributed by atoms with Crippen LogP contribution in [0.25, 0.3) is 0 Å². The molecular formula is C21H26N2O6S2. The van der Waals surface area contributed by atoms with Crippen LogP contribution in [0, 0.1) is 0 Å². The van der Waals surface area contributed by atoms with Crippen LogP contribution in [-0.2, 0) is 24.6 Å². The van der Waals surface area contributed by atoms with Crippen LogP contribution in [0.2, 0.25) is 0 Å². The number of sulfone groups is 1. The van der Waals surface area contributed by atoms with Gasteiger partial charge in [0.05, 0.1) is 27.2 Å². The lowest BCUT2D eigenvalue weighted by molar-refractivity contribution is 0.102. The summed E-state index contributed by atoms with van der Waals surface area (Å²) in [5.74, 6) is -0.634. The van der Waals surface area contributed by atoms with Crippen LogP contribution in [0.1, 0.15) is 36.5 Å². The third kappa shape index (κ3) is 5.91. The molecule has 1 heterocycles. The van der Waals surface area contributed by atoms with Gasteiger partial charge in [-0.2, -0.15) is 0 Å². The Morgan fingerprint density at radius 2 is 1.77 bits per heavy atom. The zero-order valence-corrected chi connectivity index (χ0v) is 18.8. The van der Waals surface area contributed by atoms with Gasteiger partial charge in [-0.1, -0.05) is 19.1 Å². The van der Waals surface area contributed by atoms with Crippen LogP contribution in [0.3, 0.4) is 0 Å². The number of benzene rings is 2. The number of anilines is 1. The van der Waals surface area contributed by atoms with E-state index in [0.29, 0.717) is 18.7 Å². The van der Waals surface area contributed by atoms with Gasteiger partial charge in [-0.3, -0.25) is 4.79 Å². The lowest BCUT2D eigenvalue weighted by Gasteiger charge is -2.12. The first-order chi connectivity index (χ1) is 14.7. The van der Waals surface area contributed by atoms with E-state index in [1.807, 2.05) is 0 Å². The van der Waals surface area contributed by atoms with E-state index >= 15 is 0 Å². The van der Waals surface area contributed by atoms with Crippen LogP contribution >= 0.6 is 0 Å². The maximum absolute atomic E-state index is 12.7. The lowest BCUT2D eigenvalue weighted by Crippen LogP contribution is -2.31. The highest BCUT2D eigenvalue weighted by molar-refractivity contribution is 7.91. The summed E-state index contributed by atoms with van der Waals surface area (Å²) in [6, 6.07) is 11.7. The summed E-state index contributed by atoms with van der Waals surface area (Å²) in [7, 11) is -7.28. The molecule has 0 radical (unpaired) electrons. The monoisotopic (exact) mass is 466 g/mol. The van der Waals surface area contributed by atoms with E-state index < -0.39 is 25.8 Å². The van der Waals surface area contributed by atoms with Crippen LogP contribution in [-0.4, -0.2) is 47.8 Å². The molecule has 2 N–H and O–H groups in total. The SMILES string of the molecule is CCCS(=O)(=O)c1ccccc1C(=O)Nc1ccc(S(=O)(=O)NCC2CCCO2)cc1. The van der Waals surface area contributed by atoms with Crippen molar-refractivity contribution in [2.75, 3.05) is 24.2 Å². The standard InChI is InChI=1S/C21H26N2O6S2/c1-2-14-30(25,26)20-8-4-3-7-19(20)21(24)23-16-9-11-18(12-10-16)31(27,28)22-15-17-6-5-13-29-17/h3-4,7-12,17,22H,2,5-6,13-15H2,1H3,(H,23,24). The van der Waals surface area contributed by atoms with E-state index in [2.05, 4.69) is 10.0 Å². The molecule has 0 aliphatic carbocycles. The molecule has 0 aromatic heterocycles. The van der Waals surface area contributed by atoms with Crippen molar-refractivity contribution >= 4 is 31.5 Å². The number of hydrogen-bond donors (Lipinski definition) is 2. The number of sulfonamides is 1. The van der Waals surface area contributed by atoms with Gasteiger partial charge < -0.3 is 10.1 Å². The van der Waals surface area contributed by atoms with E-state index in [1.54, 1.807) is 19.1 Å². The Kier molecular flexibility index (Phi) is 7.47. The molecule has 1 atom stereocenters. The van der Waals surface area contributed by atoms with Gasteiger partial charge in [0.25, 0.3) is 5.91 Å². The second kappa shape index (κ2) is 9.90. The fraction of sp³-hybridized carbons (Fsp3) is 0.381. The van der Waals surface area contributed by atoms with E-state index in [9.17, 15) is 21.6 Å². The molecule has 1 aliphatic rings. The van der Waals surface area contributed by atoms with E-state index in [-0.39, 0.29) is 33.8 Å². The van der Waals surface area contributed by atoms with Gasteiger partial charge in [-0.25, -0.2) is 21.6 Å². The second-order valence-electron chi connectivity index (χ2n) is 7.28. The van der Waals surface area contributed by atoms with Gasteiger partial charge in [0.15, 0.2) is 9.84 Å². The van der Waals surface area contributed by atoms with Crippen molar-refractivity contribution < 1.29 is 26.4 Å². The third-order valence-corrected chi connectivity index (χ3v) is 8.30. The highest BCUT2D eigenvalue weighted by Gasteiger charge is 2.22. The predicted octanol–water partition coefficient (Wildman–Crippen LogP) is 2.58. The number of nitrogens with one attached hydrogen (secondary N) is 2. The molecule has 2 aromatic carbocycles. The smallest absolute Gasteiger partial charge is 0.256 e. The maximum atomic E-state index is 12.7. The Hall–Kier alpha value is -2.27. The van der Waals surface area contributed by atoms with Crippen molar-refractivity contribution in [3.63, 3.8) is 0 Å². The van der Waals surface area contributed by atoms with Gasteiger partial charge in [0.1, 0.15) is 0 Å². The molecule has 1 aliphatic heterocycles. The van der Waals surface area contributed by atoms with Crippen molar-refractivity contribution in [3.8, 4) is 0 Å². The van der Waals surface area contributed by atoms with Gasteiger partial charge in [0, 0.05) is 18.8 Å². The molecule has 0 saturated carbocycles. The molecule has 31 heavy (non-hydrogen) atoms.